The SMILES string of the molecule is Cl.O=C(NCCNC1CCCCCC1)c1cc(F)ccc1Br. The van der Waals surface area contributed by atoms with Crippen molar-refractivity contribution in [2.45, 2.75) is 44.6 Å². The molecule has 1 aromatic rings. The molecular formula is C16H23BrClFN2O. The van der Waals surface area contributed by atoms with Crippen molar-refractivity contribution in [2.24, 2.45) is 0 Å². The summed E-state index contributed by atoms with van der Waals surface area (Å²) >= 11 is 3.27. The second-order valence-electron chi connectivity index (χ2n) is 5.52. The Morgan fingerprint density at radius 2 is 1.86 bits per heavy atom. The van der Waals surface area contributed by atoms with Gasteiger partial charge in [0, 0.05) is 23.6 Å². The van der Waals surface area contributed by atoms with Crippen LogP contribution in [-0.2, 0) is 0 Å². The maximum absolute atomic E-state index is 13.2. The van der Waals surface area contributed by atoms with Crippen LogP contribution >= 0.6 is 28.3 Å². The molecule has 3 nitrogen and oxygen atoms in total. The molecule has 0 spiro atoms. The molecule has 2 N–H and O–H groups in total. The van der Waals surface area contributed by atoms with Crippen LogP contribution in [0.5, 0.6) is 0 Å². The fourth-order valence-electron chi connectivity index (χ4n) is 2.70. The van der Waals surface area contributed by atoms with Crippen LogP contribution in [0.3, 0.4) is 0 Å². The van der Waals surface area contributed by atoms with E-state index in [1.54, 1.807) is 6.07 Å². The third kappa shape index (κ3) is 6.23. The standard InChI is InChI=1S/C16H22BrFN2O.ClH/c17-15-8-7-12(18)11-14(15)16(21)20-10-9-19-13-5-3-1-2-4-6-13;/h7-8,11,13,19H,1-6,9-10H2,(H,20,21);1H. The second kappa shape index (κ2) is 10.2. The molecule has 6 heteroatoms. The smallest absolute Gasteiger partial charge is 0.252 e. The molecule has 22 heavy (non-hydrogen) atoms. The molecule has 0 unspecified atom stereocenters. The maximum Gasteiger partial charge on any atom is 0.252 e. The Morgan fingerprint density at radius 3 is 2.55 bits per heavy atom. The zero-order valence-electron chi connectivity index (χ0n) is 12.5. The molecule has 0 atom stereocenters. The summed E-state index contributed by atoms with van der Waals surface area (Å²) in [6.07, 6.45) is 7.71. The zero-order chi connectivity index (χ0) is 15.1. The number of benzene rings is 1. The van der Waals surface area contributed by atoms with E-state index < -0.39 is 5.82 Å². The maximum atomic E-state index is 13.2. The molecule has 1 aliphatic carbocycles. The van der Waals surface area contributed by atoms with Crippen LogP contribution in [0.2, 0.25) is 0 Å². The third-order valence-corrected chi connectivity index (χ3v) is 4.56. The van der Waals surface area contributed by atoms with Gasteiger partial charge < -0.3 is 10.6 Å². The lowest BCUT2D eigenvalue weighted by Gasteiger charge is -2.16. The molecule has 1 aromatic carbocycles. The van der Waals surface area contributed by atoms with Crippen molar-refractivity contribution < 1.29 is 9.18 Å². The van der Waals surface area contributed by atoms with Gasteiger partial charge >= 0.3 is 0 Å². The first-order valence-electron chi connectivity index (χ1n) is 7.63. The van der Waals surface area contributed by atoms with Crippen molar-refractivity contribution in [3.05, 3.63) is 34.1 Å². The van der Waals surface area contributed by atoms with Gasteiger partial charge in [-0.15, -0.1) is 12.4 Å². The highest BCUT2D eigenvalue weighted by molar-refractivity contribution is 9.10. The summed E-state index contributed by atoms with van der Waals surface area (Å²) in [5.74, 6) is -0.649. The topological polar surface area (TPSA) is 41.1 Å². The summed E-state index contributed by atoms with van der Waals surface area (Å²) in [5, 5.41) is 6.32. The predicted octanol–water partition coefficient (Wildman–Crippen LogP) is 4.05. The lowest BCUT2D eigenvalue weighted by Crippen LogP contribution is -2.37. The largest absolute Gasteiger partial charge is 0.351 e. The van der Waals surface area contributed by atoms with Crippen LogP contribution in [0.1, 0.15) is 48.9 Å². The van der Waals surface area contributed by atoms with Crippen molar-refractivity contribution in [1.29, 1.82) is 0 Å². The molecule has 1 saturated carbocycles. The molecule has 1 aliphatic rings. The Balaban J connectivity index is 0.00000242. The van der Waals surface area contributed by atoms with Crippen LogP contribution < -0.4 is 10.6 Å². The molecule has 124 valence electrons. The predicted molar refractivity (Wildman–Crippen MR) is 93.2 cm³/mol. The Morgan fingerprint density at radius 1 is 1.18 bits per heavy atom. The minimum Gasteiger partial charge on any atom is -0.351 e. The lowest BCUT2D eigenvalue weighted by molar-refractivity contribution is 0.0952. The quantitative estimate of drug-likeness (QED) is 0.585. The first-order valence-corrected chi connectivity index (χ1v) is 8.43. The first-order chi connectivity index (χ1) is 10.2. The molecule has 1 amide bonds. The van der Waals surface area contributed by atoms with Crippen LogP contribution in [0.4, 0.5) is 4.39 Å². The third-order valence-electron chi connectivity index (χ3n) is 3.87. The van der Waals surface area contributed by atoms with E-state index in [4.69, 9.17) is 0 Å². The van der Waals surface area contributed by atoms with Gasteiger partial charge in [0.05, 0.1) is 5.56 Å². The minimum absolute atomic E-state index is 0. The number of nitrogens with one attached hydrogen (secondary N) is 2. The summed E-state index contributed by atoms with van der Waals surface area (Å²) in [6, 6.07) is 4.70. The van der Waals surface area contributed by atoms with Gasteiger partial charge in [0.25, 0.3) is 5.91 Å². The number of amides is 1. The van der Waals surface area contributed by atoms with Gasteiger partial charge in [-0.05, 0) is 47.0 Å². The molecule has 0 aromatic heterocycles. The Labute approximate surface area is 146 Å². The molecule has 0 bridgehead atoms. The van der Waals surface area contributed by atoms with Crippen molar-refractivity contribution in [3.63, 3.8) is 0 Å². The van der Waals surface area contributed by atoms with Crippen LogP contribution in [0.15, 0.2) is 22.7 Å². The fourth-order valence-corrected chi connectivity index (χ4v) is 3.13. The van der Waals surface area contributed by atoms with Crippen LogP contribution in [0, 0.1) is 5.82 Å². The molecule has 0 aliphatic heterocycles. The van der Waals surface area contributed by atoms with Crippen molar-refractivity contribution in [3.8, 4) is 0 Å². The summed E-state index contributed by atoms with van der Waals surface area (Å²) in [6.45, 7) is 1.31. The average Bonchev–Trinajstić information content (AvgIpc) is 2.74. The van der Waals surface area contributed by atoms with Crippen LogP contribution in [0.25, 0.3) is 0 Å². The summed E-state index contributed by atoms with van der Waals surface area (Å²) in [4.78, 5) is 12.0. The van der Waals surface area contributed by atoms with Crippen molar-refractivity contribution >= 4 is 34.2 Å². The molecule has 2 rings (SSSR count). The number of carbonyl (C=O) groups excluding carboxylic acids is 1. The lowest BCUT2D eigenvalue weighted by atomic mass is 10.1. The second-order valence-corrected chi connectivity index (χ2v) is 6.38. The molecule has 0 saturated heterocycles. The number of hydrogen-bond acceptors (Lipinski definition) is 2. The number of hydrogen-bond donors (Lipinski definition) is 2. The van der Waals surface area contributed by atoms with E-state index in [1.807, 2.05) is 0 Å². The van der Waals surface area contributed by atoms with E-state index >= 15 is 0 Å². The highest BCUT2D eigenvalue weighted by Crippen LogP contribution is 2.18. The van der Waals surface area contributed by atoms with Gasteiger partial charge in [-0.2, -0.15) is 0 Å². The van der Waals surface area contributed by atoms with Crippen molar-refractivity contribution in [2.75, 3.05) is 13.1 Å². The summed E-state index contributed by atoms with van der Waals surface area (Å²) in [5.41, 5.74) is 0.337. The molecular weight excluding hydrogens is 371 g/mol. The van der Waals surface area contributed by atoms with E-state index in [-0.39, 0.29) is 18.3 Å². The van der Waals surface area contributed by atoms with E-state index in [2.05, 4.69) is 26.6 Å². The highest BCUT2D eigenvalue weighted by Gasteiger charge is 2.12. The van der Waals surface area contributed by atoms with E-state index in [1.165, 1.54) is 50.7 Å². The van der Waals surface area contributed by atoms with E-state index in [9.17, 15) is 9.18 Å². The highest BCUT2D eigenvalue weighted by atomic mass is 79.9. The zero-order valence-corrected chi connectivity index (χ0v) is 14.9. The minimum atomic E-state index is -0.403. The average molecular weight is 394 g/mol. The summed E-state index contributed by atoms with van der Waals surface area (Å²) < 4.78 is 13.8. The van der Waals surface area contributed by atoms with Gasteiger partial charge in [0.2, 0.25) is 0 Å². The van der Waals surface area contributed by atoms with Crippen LogP contribution in [-0.4, -0.2) is 25.0 Å². The molecule has 0 heterocycles. The van der Waals surface area contributed by atoms with Gasteiger partial charge in [-0.1, -0.05) is 25.7 Å². The number of halogens is 3. The Hall–Kier alpha value is -0.650. The van der Waals surface area contributed by atoms with Gasteiger partial charge in [0.15, 0.2) is 0 Å². The van der Waals surface area contributed by atoms with E-state index in [0.29, 0.717) is 22.6 Å². The number of carbonyl (C=O) groups is 1. The molecule has 1 fully saturated rings. The van der Waals surface area contributed by atoms with Gasteiger partial charge in [-0.25, -0.2) is 4.39 Å². The number of rotatable bonds is 5. The fraction of sp³-hybridized carbons (Fsp3) is 0.562. The Kier molecular flexibility index (Phi) is 8.98. The normalized spacial score (nSPS) is 15.7. The first kappa shape index (κ1) is 19.4. The van der Waals surface area contributed by atoms with Crippen molar-refractivity contribution in [1.82, 2.24) is 10.6 Å². The monoisotopic (exact) mass is 392 g/mol. The molecule has 0 radical (unpaired) electrons. The Bertz CT molecular complexity index is 479. The summed E-state index contributed by atoms with van der Waals surface area (Å²) in [7, 11) is 0. The van der Waals surface area contributed by atoms with Gasteiger partial charge in [0.1, 0.15) is 5.82 Å². The van der Waals surface area contributed by atoms with Gasteiger partial charge in [-0.3, -0.25) is 4.79 Å². The van der Waals surface area contributed by atoms with E-state index in [0.717, 1.165) is 6.54 Å².